The molecule has 0 spiro atoms. The fourth-order valence-electron chi connectivity index (χ4n) is 3.73. The Bertz CT molecular complexity index is 1150. The van der Waals surface area contributed by atoms with Gasteiger partial charge in [0.15, 0.2) is 0 Å². The van der Waals surface area contributed by atoms with Gasteiger partial charge in [-0.15, -0.1) is 0 Å². The molecule has 0 fully saturated rings. The maximum atomic E-state index is 12.8. The molecule has 0 saturated carbocycles. The molecular formula is C28H34N4O4. The smallest absolute Gasteiger partial charge is 0.323 e. The van der Waals surface area contributed by atoms with Crippen LogP contribution in [0.2, 0.25) is 0 Å². The Labute approximate surface area is 212 Å². The molecule has 8 nitrogen and oxygen atoms in total. The normalized spacial score (nSPS) is 11.5. The van der Waals surface area contributed by atoms with Crippen molar-refractivity contribution < 1.29 is 19.1 Å². The molecule has 3 aromatic carbocycles. The predicted molar refractivity (Wildman–Crippen MR) is 143 cm³/mol. The molecule has 36 heavy (non-hydrogen) atoms. The van der Waals surface area contributed by atoms with Gasteiger partial charge in [0.1, 0.15) is 17.2 Å². The van der Waals surface area contributed by atoms with E-state index in [1.54, 1.807) is 36.4 Å². The van der Waals surface area contributed by atoms with Gasteiger partial charge in [-0.2, -0.15) is 0 Å². The molecule has 0 saturated heterocycles. The summed E-state index contributed by atoms with van der Waals surface area (Å²) in [5, 5.41) is 8.58. The number of amides is 3. The van der Waals surface area contributed by atoms with Gasteiger partial charge in [0.05, 0.1) is 12.7 Å². The number of rotatable bonds is 11. The third-order valence-corrected chi connectivity index (χ3v) is 5.58. The van der Waals surface area contributed by atoms with Crippen LogP contribution in [0.3, 0.4) is 0 Å². The van der Waals surface area contributed by atoms with Gasteiger partial charge in [-0.3, -0.25) is 4.79 Å². The molecule has 3 rings (SSSR count). The number of nitrogens with one attached hydrogen (secondary N) is 3. The average molecular weight is 491 g/mol. The van der Waals surface area contributed by atoms with Crippen molar-refractivity contribution in [2.75, 3.05) is 37.4 Å². The van der Waals surface area contributed by atoms with Crippen LogP contribution < -0.4 is 25.4 Å². The first-order chi connectivity index (χ1) is 17.4. The van der Waals surface area contributed by atoms with Gasteiger partial charge < -0.3 is 30.3 Å². The number of hydrogen-bond donors (Lipinski definition) is 3. The largest absolute Gasteiger partial charge is 0.496 e. The lowest BCUT2D eigenvalue weighted by atomic mass is 10.1. The van der Waals surface area contributed by atoms with Crippen LogP contribution in [0.25, 0.3) is 0 Å². The van der Waals surface area contributed by atoms with Crippen molar-refractivity contribution in [2.24, 2.45) is 0 Å². The maximum absolute atomic E-state index is 12.8. The highest BCUT2D eigenvalue weighted by Gasteiger charge is 2.17. The van der Waals surface area contributed by atoms with Gasteiger partial charge in [0, 0.05) is 36.1 Å². The molecule has 3 N–H and O–H groups in total. The van der Waals surface area contributed by atoms with E-state index in [1.807, 2.05) is 43.3 Å². The van der Waals surface area contributed by atoms with E-state index < -0.39 is 6.03 Å². The quantitative estimate of drug-likeness (QED) is 0.326. The zero-order valence-electron chi connectivity index (χ0n) is 21.2. The molecule has 0 heterocycles. The minimum atomic E-state index is -0.432. The van der Waals surface area contributed by atoms with E-state index in [0.29, 0.717) is 34.2 Å². The van der Waals surface area contributed by atoms with Crippen molar-refractivity contribution in [1.82, 2.24) is 10.2 Å². The molecule has 0 aliphatic rings. The summed E-state index contributed by atoms with van der Waals surface area (Å²) in [6.07, 6.45) is 0. The zero-order valence-corrected chi connectivity index (χ0v) is 21.2. The summed E-state index contributed by atoms with van der Waals surface area (Å²) >= 11 is 0. The van der Waals surface area contributed by atoms with Crippen LogP contribution >= 0.6 is 0 Å². The van der Waals surface area contributed by atoms with Crippen LogP contribution in [-0.4, -0.2) is 49.6 Å². The van der Waals surface area contributed by atoms with E-state index in [2.05, 4.69) is 34.7 Å². The van der Waals surface area contributed by atoms with Crippen molar-refractivity contribution in [2.45, 2.75) is 26.8 Å². The van der Waals surface area contributed by atoms with Crippen LogP contribution in [-0.2, 0) is 0 Å². The summed E-state index contributed by atoms with van der Waals surface area (Å²) in [6, 6.07) is 21.0. The maximum Gasteiger partial charge on any atom is 0.323 e. The van der Waals surface area contributed by atoms with E-state index in [1.165, 1.54) is 7.11 Å². The van der Waals surface area contributed by atoms with Crippen molar-refractivity contribution in [3.8, 4) is 17.2 Å². The van der Waals surface area contributed by atoms with Crippen LogP contribution in [0.15, 0.2) is 72.8 Å². The average Bonchev–Trinajstić information content (AvgIpc) is 2.87. The number of nitrogens with zero attached hydrogens (tertiary/aromatic N) is 1. The van der Waals surface area contributed by atoms with Crippen LogP contribution in [0, 0.1) is 0 Å². The zero-order chi connectivity index (χ0) is 25.9. The molecule has 0 aliphatic carbocycles. The Kier molecular flexibility index (Phi) is 9.71. The molecule has 0 bridgehead atoms. The fourth-order valence-corrected chi connectivity index (χ4v) is 3.73. The van der Waals surface area contributed by atoms with Gasteiger partial charge in [-0.25, -0.2) is 4.79 Å². The number of anilines is 2. The molecule has 1 unspecified atom stereocenters. The Morgan fingerprint density at radius 1 is 0.861 bits per heavy atom. The highest BCUT2D eigenvalue weighted by atomic mass is 16.5. The summed E-state index contributed by atoms with van der Waals surface area (Å²) in [5.41, 5.74) is 1.47. The van der Waals surface area contributed by atoms with Crippen LogP contribution in [0.1, 0.15) is 31.1 Å². The molecule has 0 aromatic heterocycles. The van der Waals surface area contributed by atoms with Crippen molar-refractivity contribution in [3.05, 3.63) is 78.4 Å². The Balaban J connectivity index is 1.61. The van der Waals surface area contributed by atoms with E-state index >= 15 is 0 Å². The minimum absolute atomic E-state index is 0.0210. The highest BCUT2D eigenvalue weighted by molar-refractivity contribution is 6.01. The molecule has 0 aliphatic heterocycles. The molecular weight excluding hydrogens is 456 g/mol. The second kappa shape index (κ2) is 13.2. The summed E-state index contributed by atoms with van der Waals surface area (Å²) in [4.78, 5) is 27.6. The van der Waals surface area contributed by atoms with Crippen molar-refractivity contribution >= 4 is 23.3 Å². The van der Waals surface area contributed by atoms with E-state index in [-0.39, 0.29) is 11.9 Å². The molecule has 8 heteroatoms. The van der Waals surface area contributed by atoms with Gasteiger partial charge in [-0.05, 0) is 56.4 Å². The Hall–Kier alpha value is -4.04. The number of ether oxygens (including phenoxy) is 2. The van der Waals surface area contributed by atoms with Crippen LogP contribution in [0.5, 0.6) is 17.2 Å². The number of hydrogen-bond acceptors (Lipinski definition) is 5. The number of para-hydroxylation sites is 1. The van der Waals surface area contributed by atoms with Gasteiger partial charge in [0.2, 0.25) is 0 Å². The lowest BCUT2D eigenvalue weighted by Gasteiger charge is -2.23. The van der Waals surface area contributed by atoms with Gasteiger partial charge in [-0.1, -0.05) is 38.1 Å². The predicted octanol–water partition coefficient (Wildman–Crippen LogP) is 5.59. The van der Waals surface area contributed by atoms with Crippen molar-refractivity contribution in [3.63, 3.8) is 0 Å². The lowest BCUT2D eigenvalue weighted by molar-refractivity contribution is 0.0927. The minimum Gasteiger partial charge on any atom is -0.496 e. The molecule has 1 atom stereocenters. The number of urea groups is 1. The van der Waals surface area contributed by atoms with Crippen molar-refractivity contribution in [1.29, 1.82) is 0 Å². The highest BCUT2D eigenvalue weighted by Crippen LogP contribution is 2.25. The number of benzene rings is 3. The first kappa shape index (κ1) is 26.6. The first-order valence-electron chi connectivity index (χ1n) is 12.0. The third-order valence-electron chi connectivity index (χ3n) is 5.58. The molecule has 3 amide bonds. The standard InChI is InChI=1S/C28H34N4O4/c1-5-32(6-2)19-20(3)29-27(33)25-16-15-22(18-26(25)35-4)31-28(34)30-21-11-10-14-24(17-21)36-23-12-8-7-9-13-23/h7-18,20H,5-6,19H2,1-4H3,(H,29,33)(H2,30,31,34). The number of methoxy groups -OCH3 is 1. The Morgan fingerprint density at radius 2 is 1.53 bits per heavy atom. The summed E-state index contributed by atoms with van der Waals surface area (Å²) in [7, 11) is 1.49. The van der Waals surface area contributed by atoms with Gasteiger partial charge in [0.25, 0.3) is 5.91 Å². The number of carbonyl (C=O) groups is 2. The topological polar surface area (TPSA) is 91.9 Å². The van der Waals surface area contributed by atoms with E-state index in [4.69, 9.17) is 9.47 Å². The van der Waals surface area contributed by atoms with E-state index in [9.17, 15) is 9.59 Å². The summed E-state index contributed by atoms with van der Waals surface area (Å²) in [6.45, 7) is 8.78. The van der Waals surface area contributed by atoms with Gasteiger partial charge >= 0.3 is 6.03 Å². The number of likely N-dealkylation sites (N-methyl/N-ethyl adjacent to an activating group) is 1. The van der Waals surface area contributed by atoms with E-state index in [0.717, 1.165) is 19.6 Å². The molecule has 0 radical (unpaired) electrons. The Morgan fingerprint density at radius 3 is 2.19 bits per heavy atom. The number of carbonyl (C=O) groups excluding carboxylic acids is 2. The second-order valence-electron chi connectivity index (χ2n) is 8.30. The monoisotopic (exact) mass is 490 g/mol. The lowest BCUT2D eigenvalue weighted by Crippen LogP contribution is -2.42. The first-order valence-corrected chi connectivity index (χ1v) is 12.0. The SMILES string of the molecule is CCN(CC)CC(C)NC(=O)c1ccc(NC(=O)Nc2cccc(Oc3ccccc3)c2)cc1OC. The summed E-state index contributed by atoms with van der Waals surface area (Å²) < 4.78 is 11.2. The molecule has 190 valence electrons. The summed E-state index contributed by atoms with van der Waals surface area (Å²) in [5.74, 6) is 1.46. The second-order valence-corrected chi connectivity index (χ2v) is 8.30. The third kappa shape index (κ3) is 7.74. The molecule has 3 aromatic rings. The fraction of sp³-hybridized carbons (Fsp3) is 0.286. The van der Waals surface area contributed by atoms with Crippen LogP contribution in [0.4, 0.5) is 16.2 Å².